The van der Waals surface area contributed by atoms with Crippen molar-refractivity contribution in [2.45, 2.75) is 13.3 Å². The van der Waals surface area contributed by atoms with Crippen LogP contribution in [0.25, 0.3) is 44.2 Å². The van der Waals surface area contributed by atoms with Crippen LogP contribution in [0.3, 0.4) is 0 Å². The number of hydrogen-bond acceptors (Lipinski definition) is 2. The second-order valence-corrected chi connectivity index (χ2v) is 12.5. The van der Waals surface area contributed by atoms with E-state index in [0.29, 0.717) is 0 Å². The number of aryl methyl sites for hydroxylation is 1. The van der Waals surface area contributed by atoms with Gasteiger partial charge in [0.05, 0.1) is 27.8 Å². The van der Waals surface area contributed by atoms with E-state index in [4.69, 9.17) is 4.98 Å². The summed E-state index contributed by atoms with van der Waals surface area (Å²) in [6.45, 7) is 2.13. The minimum atomic E-state index is -3.18. The van der Waals surface area contributed by atoms with Gasteiger partial charge in [0.25, 0.3) is 0 Å². The van der Waals surface area contributed by atoms with Gasteiger partial charge in [0.2, 0.25) is 0 Å². The summed E-state index contributed by atoms with van der Waals surface area (Å²) < 4.78 is 20.1. The van der Waals surface area contributed by atoms with E-state index in [1.807, 2.05) is 48.5 Å². The molecule has 4 nitrogen and oxygen atoms in total. The standard InChI is InChI=1S/C33H24N3OP/c1-2-32-34-26-15-10-18-30-33(26)36(32)29-20-19-22(21-31(29)38(30,37)23-11-4-3-5-12-23)35-27-16-8-6-13-24(27)25-14-7-9-17-28(25)35/h3-21H,2H2,1H3. The number of fused-ring (bicyclic) bond motifs is 5. The van der Waals surface area contributed by atoms with Crippen LogP contribution in [0, 0.1) is 0 Å². The third-order valence-electron chi connectivity index (χ3n) is 7.88. The van der Waals surface area contributed by atoms with Crippen LogP contribution >= 0.6 is 7.14 Å². The number of hydrogen-bond donors (Lipinski definition) is 0. The zero-order valence-electron chi connectivity index (χ0n) is 20.9. The van der Waals surface area contributed by atoms with Crippen LogP contribution in [-0.2, 0) is 11.0 Å². The number of imidazole rings is 1. The fourth-order valence-corrected chi connectivity index (χ4v) is 9.27. The summed E-state index contributed by atoms with van der Waals surface area (Å²) in [5.41, 5.74) is 6.10. The summed E-state index contributed by atoms with van der Waals surface area (Å²) >= 11 is 0. The van der Waals surface area contributed by atoms with E-state index in [0.717, 1.165) is 61.6 Å². The SMILES string of the molecule is CCc1nc2cccc3c2n1-c1ccc(-n2c4ccccc4c4ccccc42)cc1P3(=O)c1ccccc1. The third-order valence-corrected chi connectivity index (χ3v) is 11.0. The Hall–Kier alpha value is -4.40. The molecule has 0 saturated carbocycles. The summed E-state index contributed by atoms with van der Waals surface area (Å²) in [4.78, 5) is 4.95. The predicted octanol–water partition coefficient (Wildman–Crippen LogP) is 6.64. The largest absolute Gasteiger partial charge is 0.309 e. The van der Waals surface area contributed by atoms with Crippen LogP contribution < -0.4 is 15.9 Å². The van der Waals surface area contributed by atoms with Crippen molar-refractivity contribution in [1.29, 1.82) is 0 Å². The minimum Gasteiger partial charge on any atom is -0.309 e. The smallest absolute Gasteiger partial charge is 0.175 e. The number of para-hydroxylation sites is 3. The predicted molar refractivity (Wildman–Crippen MR) is 158 cm³/mol. The molecule has 0 amide bonds. The maximum atomic E-state index is 15.6. The highest BCUT2D eigenvalue weighted by atomic mass is 31.2. The van der Waals surface area contributed by atoms with Crippen LogP contribution in [0.1, 0.15) is 12.7 Å². The first-order valence-electron chi connectivity index (χ1n) is 13.0. The summed E-state index contributed by atoms with van der Waals surface area (Å²) in [5, 5.41) is 4.98. The molecule has 0 aliphatic carbocycles. The fourth-order valence-electron chi connectivity index (χ4n) is 6.25. The molecule has 0 N–H and O–H groups in total. The minimum absolute atomic E-state index is 0.790. The van der Waals surface area contributed by atoms with Crippen molar-refractivity contribution in [2.75, 3.05) is 0 Å². The molecule has 0 saturated heterocycles. The van der Waals surface area contributed by atoms with E-state index >= 15 is 4.57 Å². The quantitative estimate of drug-likeness (QED) is 0.251. The van der Waals surface area contributed by atoms with E-state index in [1.54, 1.807) is 0 Å². The Morgan fingerprint density at radius 3 is 2.08 bits per heavy atom. The van der Waals surface area contributed by atoms with Crippen molar-refractivity contribution in [2.24, 2.45) is 0 Å². The number of aromatic nitrogens is 3. The van der Waals surface area contributed by atoms with Gasteiger partial charge in [-0.05, 0) is 42.5 Å². The van der Waals surface area contributed by atoms with Crippen molar-refractivity contribution >= 4 is 55.9 Å². The van der Waals surface area contributed by atoms with Gasteiger partial charge in [0, 0.05) is 38.8 Å². The lowest BCUT2D eigenvalue weighted by molar-refractivity contribution is 0.592. The van der Waals surface area contributed by atoms with Gasteiger partial charge < -0.3 is 9.13 Å². The molecule has 1 aliphatic rings. The zero-order chi connectivity index (χ0) is 25.4. The van der Waals surface area contributed by atoms with E-state index < -0.39 is 7.14 Å². The van der Waals surface area contributed by atoms with Gasteiger partial charge in [-0.25, -0.2) is 4.98 Å². The molecular formula is C33H24N3OP. The van der Waals surface area contributed by atoms with E-state index in [2.05, 4.69) is 82.8 Å². The number of benzene rings is 5. The topological polar surface area (TPSA) is 39.8 Å². The molecule has 2 aromatic heterocycles. The lowest BCUT2D eigenvalue weighted by atomic mass is 10.2. The second-order valence-electron chi connectivity index (χ2n) is 9.85. The molecule has 5 heteroatoms. The van der Waals surface area contributed by atoms with Crippen LogP contribution in [0.2, 0.25) is 0 Å². The van der Waals surface area contributed by atoms with Crippen LogP contribution in [0.4, 0.5) is 0 Å². The molecule has 38 heavy (non-hydrogen) atoms. The molecule has 0 radical (unpaired) electrons. The Kier molecular flexibility index (Phi) is 4.45. The summed E-state index contributed by atoms with van der Waals surface area (Å²) in [5.74, 6) is 0.984. The first-order valence-corrected chi connectivity index (χ1v) is 14.7. The van der Waals surface area contributed by atoms with Crippen molar-refractivity contribution in [3.63, 3.8) is 0 Å². The van der Waals surface area contributed by atoms with Gasteiger partial charge in [-0.2, -0.15) is 0 Å². The normalized spacial score (nSPS) is 16.3. The van der Waals surface area contributed by atoms with E-state index in [9.17, 15) is 0 Å². The first kappa shape index (κ1) is 21.7. The number of nitrogens with zero attached hydrogens (tertiary/aromatic N) is 3. The maximum absolute atomic E-state index is 15.6. The Morgan fingerprint density at radius 1 is 0.684 bits per heavy atom. The van der Waals surface area contributed by atoms with Gasteiger partial charge in [-0.3, -0.25) is 4.57 Å². The van der Waals surface area contributed by atoms with Gasteiger partial charge in [-0.1, -0.05) is 79.7 Å². The average Bonchev–Trinajstić information content (AvgIpc) is 3.52. The summed E-state index contributed by atoms with van der Waals surface area (Å²) in [6, 6.07) is 39.5. The molecule has 3 heterocycles. The molecule has 0 bridgehead atoms. The van der Waals surface area contributed by atoms with Gasteiger partial charge in [0.15, 0.2) is 7.14 Å². The van der Waals surface area contributed by atoms with Crippen LogP contribution in [0.15, 0.2) is 115 Å². The molecular weight excluding hydrogens is 485 g/mol. The Labute approximate surface area is 220 Å². The molecule has 1 unspecified atom stereocenters. The van der Waals surface area contributed by atoms with Crippen LogP contribution in [-0.4, -0.2) is 14.1 Å². The molecule has 1 atom stereocenters. The summed E-state index contributed by atoms with van der Waals surface area (Å²) in [6.07, 6.45) is 0.790. The average molecular weight is 510 g/mol. The number of rotatable bonds is 3. The van der Waals surface area contributed by atoms with Crippen molar-refractivity contribution in [3.05, 3.63) is 121 Å². The maximum Gasteiger partial charge on any atom is 0.175 e. The molecule has 5 aromatic carbocycles. The lowest BCUT2D eigenvalue weighted by Gasteiger charge is -2.29. The second kappa shape index (κ2) is 7.80. The summed E-state index contributed by atoms with van der Waals surface area (Å²) in [7, 11) is -3.18. The highest BCUT2D eigenvalue weighted by Gasteiger charge is 2.40. The monoisotopic (exact) mass is 509 g/mol. The van der Waals surface area contributed by atoms with Gasteiger partial charge in [-0.15, -0.1) is 0 Å². The van der Waals surface area contributed by atoms with Crippen LogP contribution in [0.5, 0.6) is 0 Å². The van der Waals surface area contributed by atoms with Crippen molar-refractivity contribution in [1.82, 2.24) is 14.1 Å². The van der Waals surface area contributed by atoms with Gasteiger partial charge >= 0.3 is 0 Å². The van der Waals surface area contributed by atoms with Crippen molar-refractivity contribution < 1.29 is 4.57 Å². The van der Waals surface area contributed by atoms with E-state index in [1.165, 1.54) is 10.8 Å². The fraction of sp³-hybridized carbons (Fsp3) is 0.0606. The van der Waals surface area contributed by atoms with E-state index in [-0.39, 0.29) is 0 Å². The van der Waals surface area contributed by atoms with Gasteiger partial charge in [0.1, 0.15) is 5.82 Å². The molecule has 0 fully saturated rings. The first-order chi connectivity index (χ1) is 18.7. The highest BCUT2D eigenvalue weighted by Crippen LogP contribution is 2.50. The Balaban J connectivity index is 1.52. The highest BCUT2D eigenvalue weighted by molar-refractivity contribution is 7.86. The molecule has 1 aliphatic heterocycles. The molecule has 0 spiro atoms. The molecule has 7 aromatic rings. The zero-order valence-corrected chi connectivity index (χ0v) is 21.8. The Morgan fingerprint density at radius 2 is 1.37 bits per heavy atom. The Bertz CT molecular complexity index is 2050. The third kappa shape index (κ3) is 2.70. The van der Waals surface area contributed by atoms with Crippen molar-refractivity contribution in [3.8, 4) is 11.4 Å². The molecule has 182 valence electrons. The lowest BCUT2D eigenvalue weighted by Crippen LogP contribution is -2.33. The molecule has 8 rings (SSSR count).